The Labute approximate surface area is 115 Å². The van der Waals surface area contributed by atoms with Gasteiger partial charge >= 0.3 is 0 Å². The van der Waals surface area contributed by atoms with E-state index in [0.29, 0.717) is 11.5 Å². The van der Waals surface area contributed by atoms with Crippen LogP contribution in [0.1, 0.15) is 37.6 Å². The van der Waals surface area contributed by atoms with Crippen LogP contribution in [0.15, 0.2) is 18.5 Å². The Morgan fingerprint density at radius 1 is 1.47 bits per heavy atom. The molecule has 2 rings (SSSR count). The molecule has 1 saturated heterocycles. The van der Waals surface area contributed by atoms with Gasteiger partial charge in [0.25, 0.3) is 5.91 Å². The quantitative estimate of drug-likeness (QED) is 0.890. The molecular formula is C15H23N3O. The molecule has 1 aromatic rings. The van der Waals surface area contributed by atoms with Gasteiger partial charge in [0.15, 0.2) is 0 Å². The van der Waals surface area contributed by atoms with Crippen LogP contribution < -0.4 is 5.32 Å². The lowest BCUT2D eigenvalue weighted by Crippen LogP contribution is -2.31. The fourth-order valence-corrected chi connectivity index (χ4v) is 2.60. The highest BCUT2D eigenvalue weighted by atomic mass is 16.2. The van der Waals surface area contributed by atoms with Crippen molar-refractivity contribution in [3.05, 3.63) is 24.0 Å². The summed E-state index contributed by atoms with van der Waals surface area (Å²) in [6.07, 6.45) is 4.44. The van der Waals surface area contributed by atoms with Gasteiger partial charge in [0, 0.05) is 38.2 Å². The average molecular weight is 261 g/mol. The number of nitrogens with one attached hydrogen (secondary N) is 1. The SMILES string of the molecule is CNc1ccncc1C(=O)N1CCC(C(C)(C)C)C1. The molecule has 1 aliphatic rings. The highest BCUT2D eigenvalue weighted by Crippen LogP contribution is 2.34. The number of likely N-dealkylation sites (tertiary alicyclic amines) is 1. The Morgan fingerprint density at radius 3 is 2.79 bits per heavy atom. The number of carbonyl (C=O) groups is 1. The molecule has 0 spiro atoms. The topological polar surface area (TPSA) is 45.2 Å². The van der Waals surface area contributed by atoms with E-state index in [2.05, 4.69) is 31.1 Å². The predicted octanol–water partition coefficient (Wildman–Crippen LogP) is 2.63. The predicted molar refractivity (Wildman–Crippen MR) is 77.2 cm³/mol. The van der Waals surface area contributed by atoms with Crippen LogP contribution in [-0.2, 0) is 0 Å². The molecule has 1 amide bonds. The van der Waals surface area contributed by atoms with E-state index in [9.17, 15) is 4.79 Å². The molecule has 4 heteroatoms. The number of amides is 1. The summed E-state index contributed by atoms with van der Waals surface area (Å²) in [5, 5.41) is 3.05. The summed E-state index contributed by atoms with van der Waals surface area (Å²) in [6.45, 7) is 8.43. The van der Waals surface area contributed by atoms with Crippen LogP contribution in [0.5, 0.6) is 0 Å². The first-order valence-corrected chi connectivity index (χ1v) is 6.84. The molecule has 0 radical (unpaired) electrons. The summed E-state index contributed by atoms with van der Waals surface area (Å²) in [6, 6.07) is 1.84. The fourth-order valence-electron chi connectivity index (χ4n) is 2.60. The van der Waals surface area contributed by atoms with Crippen molar-refractivity contribution >= 4 is 11.6 Å². The lowest BCUT2D eigenvalue weighted by molar-refractivity contribution is 0.0777. The fraction of sp³-hybridized carbons (Fsp3) is 0.600. The molecule has 19 heavy (non-hydrogen) atoms. The zero-order chi connectivity index (χ0) is 14.0. The number of aromatic nitrogens is 1. The average Bonchev–Trinajstić information content (AvgIpc) is 2.87. The van der Waals surface area contributed by atoms with E-state index in [4.69, 9.17) is 0 Å². The highest BCUT2D eigenvalue weighted by Gasteiger charge is 2.34. The third-order valence-electron chi connectivity index (χ3n) is 4.02. The van der Waals surface area contributed by atoms with Crippen molar-refractivity contribution in [1.82, 2.24) is 9.88 Å². The van der Waals surface area contributed by atoms with Crippen LogP contribution >= 0.6 is 0 Å². The summed E-state index contributed by atoms with van der Waals surface area (Å²) in [5.41, 5.74) is 1.77. The Bertz CT molecular complexity index is 465. The van der Waals surface area contributed by atoms with Crippen LogP contribution in [0.2, 0.25) is 0 Å². The summed E-state index contributed by atoms with van der Waals surface area (Å²) < 4.78 is 0. The largest absolute Gasteiger partial charge is 0.387 e. The van der Waals surface area contributed by atoms with Crippen LogP contribution in [0.4, 0.5) is 5.69 Å². The van der Waals surface area contributed by atoms with E-state index in [1.54, 1.807) is 12.4 Å². The van der Waals surface area contributed by atoms with Gasteiger partial charge in [0.1, 0.15) is 0 Å². The maximum atomic E-state index is 12.5. The molecule has 1 aromatic heterocycles. The summed E-state index contributed by atoms with van der Waals surface area (Å²) >= 11 is 0. The van der Waals surface area contributed by atoms with Crippen molar-refractivity contribution in [2.45, 2.75) is 27.2 Å². The standard InChI is InChI=1S/C15H23N3O/c1-15(2,3)11-6-8-18(10-11)14(19)12-9-17-7-5-13(12)16-4/h5,7,9,11H,6,8,10H2,1-4H3,(H,16,17). The van der Waals surface area contributed by atoms with Gasteiger partial charge in [-0.3, -0.25) is 9.78 Å². The van der Waals surface area contributed by atoms with Crippen LogP contribution in [0.3, 0.4) is 0 Å². The van der Waals surface area contributed by atoms with Gasteiger partial charge in [-0.05, 0) is 23.8 Å². The molecular weight excluding hydrogens is 238 g/mol. The third-order valence-corrected chi connectivity index (χ3v) is 4.02. The van der Waals surface area contributed by atoms with Crippen molar-refractivity contribution in [2.24, 2.45) is 11.3 Å². The molecule has 0 aliphatic carbocycles. The lowest BCUT2D eigenvalue weighted by Gasteiger charge is -2.27. The maximum absolute atomic E-state index is 12.5. The van der Waals surface area contributed by atoms with Gasteiger partial charge in [-0.2, -0.15) is 0 Å². The van der Waals surface area contributed by atoms with Crippen molar-refractivity contribution in [3.63, 3.8) is 0 Å². The molecule has 0 saturated carbocycles. The minimum absolute atomic E-state index is 0.0872. The number of rotatable bonds is 2. The molecule has 4 nitrogen and oxygen atoms in total. The van der Waals surface area contributed by atoms with Crippen molar-refractivity contribution in [2.75, 3.05) is 25.5 Å². The van der Waals surface area contributed by atoms with Gasteiger partial charge in [-0.25, -0.2) is 0 Å². The van der Waals surface area contributed by atoms with Gasteiger partial charge < -0.3 is 10.2 Å². The lowest BCUT2D eigenvalue weighted by atomic mass is 9.80. The summed E-state index contributed by atoms with van der Waals surface area (Å²) in [5.74, 6) is 0.662. The zero-order valence-corrected chi connectivity index (χ0v) is 12.2. The Hall–Kier alpha value is -1.58. The van der Waals surface area contributed by atoms with Gasteiger partial charge in [-0.15, -0.1) is 0 Å². The molecule has 1 N–H and O–H groups in total. The van der Waals surface area contributed by atoms with Crippen LogP contribution in [-0.4, -0.2) is 35.9 Å². The molecule has 1 aliphatic heterocycles. The van der Waals surface area contributed by atoms with E-state index in [-0.39, 0.29) is 11.3 Å². The number of pyridine rings is 1. The minimum atomic E-state index is 0.0872. The normalized spacial score (nSPS) is 19.6. The van der Waals surface area contributed by atoms with E-state index in [0.717, 1.165) is 25.2 Å². The van der Waals surface area contributed by atoms with Crippen LogP contribution in [0, 0.1) is 11.3 Å². The summed E-state index contributed by atoms with van der Waals surface area (Å²) in [4.78, 5) is 18.6. The first kappa shape index (κ1) is 13.8. The first-order valence-electron chi connectivity index (χ1n) is 6.84. The monoisotopic (exact) mass is 261 g/mol. The van der Waals surface area contributed by atoms with Crippen molar-refractivity contribution in [1.29, 1.82) is 0 Å². The van der Waals surface area contributed by atoms with E-state index in [1.165, 1.54) is 0 Å². The first-order chi connectivity index (χ1) is 8.93. The number of nitrogens with zero attached hydrogens (tertiary/aromatic N) is 2. The molecule has 1 fully saturated rings. The number of carbonyl (C=O) groups excluding carboxylic acids is 1. The highest BCUT2D eigenvalue weighted by molar-refractivity contribution is 5.99. The third kappa shape index (κ3) is 2.88. The van der Waals surface area contributed by atoms with Gasteiger partial charge in [0.05, 0.1) is 5.56 Å². The molecule has 1 unspecified atom stereocenters. The van der Waals surface area contributed by atoms with E-state index >= 15 is 0 Å². The zero-order valence-electron chi connectivity index (χ0n) is 12.2. The second-order valence-corrected chi connectivity index (χ2v) is 6.27. The Balaban J connectivity index is 2.14. The Morgan fingerprint density at radius 2 is 2.21 bits per heavy atom. The maximum Gasteiger partial charge on any atom is 0.257 e. The van der Waals surface area contributed by atoms with Crippen molar-refractivity contribution in [3.8, 4) is 0 Å². The number of hydrogen-bond acceptors (Lipinski definition) is 3. The second-order valence-electron chi connectivity index (χ2n) is 6.27. The van der Waals surface area contributed by atoms with Crippen molar-refractivity contribution < 1.29 is 4.79 Å². The van der Waals surface area contributed by atoms with E-state index < -0.39 is 0 Å². The molecule has 0 aromatic carbocycles. The molecule has 104 valence electrons. The van der Waals surface area contributed by atoms with E-state index in [1.807, 2.05) is 18.0 Å². The van der Waals surface area contributed by atoms with Crippen LogP contribution in [0.25, 0.3) is 0 Å². The molecule has 2 heterocycles. The minimum Gasteiger partial charge on any atom is -0.387 e. The smallest absolute Gasteiger partial charge is 0.257 e. The molecule has 0 bridgehead atoms. The second kappa shape index (κ2) is 5.19. The Kier molecular flexibility index (Phi) is 3.78. The number of hydrogen-bond donors (Lipinski definition) is 1. The van der Waals surface area contributed by atoms with Gasteiger partial charge in [0.2, 0.25) is 0 Å². The number of anilines is 1. The van der Waals surface area contributed by atoms with Gasteiger partial charge in [-0.1, -0.05) is 20.8 Å². The summed E-state index contributed by atoms with van der Waals surface area (Å²) in [7, 11) is 1.83. The molecule has 1 atom stereocenters.